The number of methoxy groups -OCH3 is 1. The first kappa shape index (κ1) is 15.4. The fraction of sp³-hybridized carbons (Fsp3) is 0.929. The Hall–Kier alpha value is -0.610. The lowest BCUT2D eigenvalue weighted by molar-refractivity contribution is -0.123. The van der Waals surface area contributed by atoms with Crippen LogP contribution in [0.1, 0.15) is 51.9 Å². The minimum Gasteiger partial charge on any atom is -0.385 e. The molecule has 0 aromatic heterocycles. The predicted molar refractivity (Wildman–Crippen MR) is 73.3 cm³/mol. The minimum atomic E-state index is -0.446. The summed E-state index contributed by atoms with van der Waals surface area (Å²) in [4.78, 5) is 11.9. The molecule has 0 radical (unpaired) electrons. The van der Waals surface area contributed by atoms with Crippen molar-refractivity contribution in [2.75, 3.05) is 13.7 Å². The van der Waals surface area contributed by atoms with Crippen molar-refractivity contribution in [2.45, 2.75) is 64.0 Å². The summed E-state index contributed by atoms with van der Waals surface area (Å²) in [6.07, 6.45) is 8.31. The van der Waals surface area contributed by atoms with Gasteiger partial charge in [-0.1, -0.05) is 25.7 Å². The second kappa shape index (κ2) is 8.48. The van der Waals surface area contributed by atoms with Crippen molar-refractivity contribution in [1.29, 1.82) is 0 Å². The Morgan fingerprint density at radius 3 is 2.50 bits per heavy atom. The number of hydrogen-bond acceptors (Lipinski definition) is 3. The van der Waals surface area contributed by atoms with Crippen molar-refractivity contribution in [3.05, 3.63) is 0 Å². The van der Waals surface area contributed by atoms with Crippen LogP contribution in [-0.2, 0) is 9.53 Å². The Morgan fingerprint density at radius 2 is 1.94 bits per heavy atom. The molecule has 3 N–H and O–H groups in total. The van der Waals surface area contributed by atoms with Crippen molar-refractivity contribution < 1.29 is 9.53 Å². The molecular weight excluding hydrogens is 228 g/mol. The van der Waals surface area contributed by atoms with Gasteiger partial charge < -0.3 is 15.8 Å². The van der Waals surface area contributed by atoms with Gasteiger partial charge in [0.25, 0.3) is 0 Å². The van der Waals surface area contributed by atoms with E-state index in [1.54, 1.807) is 7.11 Å². The molecule has 0 bridgehead atoms. The van der Waals surface area contributed by atoms with Crippen LogP contribution < -0.4 is 11.1 Å². The monoisotopic (exact) mass is 256 g/mol. The van der Waals surface area contributed by atoms with Gasteiger partial charge in [-0.2, -0.15) is 0 Å². The van der Waals surface area contributed by atoms with E-state index < -0.39 is 6.04 Å². The van der Waals surface area contributed by atoms with Gasteiger partial charge in [0, 0.05) is 19.8 Å². The van der Waals surface area contributed by atoms with E-state index in [0.29, 0.717) is 18.9 Å². The maximum absolute atomic E-state index is 11.9. The van der Waals surface area contributed by atoms with Gasteiger partial charge in [0.1, 0.15) is 0 Å². The van der Waals surface area contributed by atoms with E-state index in [4.69, 9.17) is 10.5 Å². The highest BCUT2D eigenvalue weighted by molar-refractivity contribution is 5.81. The molecule has 1 aliphatic rings. The molecule has 4 nitrogen and oxygen atoms in total. The number of carbonyl (C=O) groups excluding carboxylic acids is 1. The van der Waals surface area contributed by atoms with Gasteiger partial charge in [-0.25, -0.2) is 0 Å². The average Bonchev–Trinajstić information content (AvgIpc) is 2.64. The molecule has 4 heteroatoms. The van der Waals surface area contributed by atoms with Crippen LogP contribution in [0.3, 0.4) is 0 Å². The van der Waals surface area contributed by atoms with E-state index in [-0.39, 0.29) is 11.9 Å². The quantitative estimate of drug-likeness (QED) is 0.713. The summed E-state index contributed by atoms with van der Waals surface area (Å²) in [5, 5.41) is 3.07. The Balaban J connectivity index is 2.32. The normalized spacial score (nSPS) is 21.1. The number of ether oxygens (including phenoxy) is 1. The number of carbonyl (C=O) groups is 1. The SMILES string of the molecule is COCCC(N)C(=O)N[C@@H](C)C1CCCCCC1. The number of amides is 1. The zero-order valence-corrected chi connectivity index (χ0v) is 11.8. The molecule has 106 valence electrons. The number of nitrogens with one attached hydrogen (secondary N) is 1. The third-order valence-electron chi connectivity index (χ3n) is 3.95. The maximum Gasteiger partial charge on any atom is 0.237 e. The van der Waals surface area contributed by atoms with Gasteiger partial charge in [0.05, 0.1) is 6.04 Å². The lowest BCUT2D eigenvalue weighted by atomic mass is 9.93. The molecule has 0 spiro atoms. The van der Waals surface area contributed by atoms with Gasteiger partial charge in [-0.05, 0) is 32.1 Å². The van der Waals surface area contributed by atoms with E-state index in [9.17, 15) is 4.79 Å². The number of nitrogens with two attached hydrogens (primary N) is 1. The molecule has 2 atom stereocenters. The average molecular weight is 256 g/mol. The van der Waals surface area contributed by atoms with Crippen molar-refractivity contribution in [1.82, 2.24) is 5.32 Å². The molecule has 0 aromatic rings. The van der Waals surface area contributed by atoms with Crippen LogP contribution in [0, 0.1) is 5.92 Å². The molecule has 1 saturated carbocycles. The van der Waals surface area contributed by atoms with Crippen LogP contribution in [0.4, 0.5) is 0 Å². The fourth-order valence-corrected chi connectivity index (χ4v) is 2.64. The summed E-state index contributed by atoms with van der Waals surface area (Å²) >= 11 is 0. The molecule has 0 saturated heterocycles. The molecular formula is C14H28N2O2. The predicted octanol–water partition coefficient (Wildman–Crippen LogP) is 1.83. The molecule has 0 aliphatic heterocycles. The van der Waals surface area contributed by atoms with E-state index in [0.717, 1.165) is 0 Å². The minimum absolute atomic E-state index is 0.0382. The second-order valence-electron chi connectivity index (χ2n) is 5.44. The van der Waals surface area contributed by atoms with Crippen molar-refractivity contribution in [3.8, 4) is 0 Å². The largest absolute Gasteiger partial charge is 0.385 e. The molecule has 0 aromatic carbocycles. The molecule has 1 amide bonds. The second-order valence-corrected chi connectivity index (χ2v) is 5.44. The lowest BCUT2D eigenvalue weighted by Gasteiger charge is -2.25. The van der Waals surface area contributed by atoms with Crippen LogP contribution in [-0.4, -0.2) is 31.7 Å². The summed E-state index contributed by atoms with van der Waals surface area (Å²) in [6.45, 7) is 2.64. The summed E-state index contributed by atoms with van der Waals surface area (Å²) in [6, 6.07) is -0.206. The number of rotatable bonds is 6. The van der Waals surface area contributed by atoms with E-state index in [1.165, 1.54) is 38.5 Å². The highest BCUT2D eigenvalue weighted by Crippen LogP contribution is 2.25. The first-order valence-corrected chi connectivity index (χ1v) is 7.20. The third kappa shape index (κ3) is 5.36. The zero-order valence-electron chi connectivity index (χ0n) is 11.8. The Labute approximate surface area is 111 Å². The topological polar surface area (TPSA) is 64.3 Å². The lowest BCUT2D eigenvalue weighted by Crippen LogP contribution is -2.47. The Morgan fingerprint density at radius 1 is 1.33 bits per heavy atom. The van der Waals surface area contributed by atoms with Gasteiger partial charge in [-0.3, -0.25) is 4.79 Å². The summed E-state index contributed by atoms with van der Waals surface area (Å²) in [5.41, 5.74) is 5.82. The van der Waals surface area contributed by atoms with Crippen molar-refractivity contribution >= 4 is 5.91 Å². The van der Waals surface area contributed by atoms with E-state index in [1.807, 2.05) is 0 Å². The first-order chi connectivity index (χ1) is 8.65. The molecule has 1 rings (SSSR count). The summed E-state index contributed by atoms with van der Waals surface area (Å²) < 4.78 is 4.94. The Kier molecular flexibility index (Phi) is 7.28. The first-order valence-electron chi connectivity index (χ1n) is 7.20. The summed E-state index contributed by atoms with van der Waals surface area (Å²) in [5.74, 6) is 0.579. The fourth-order valence-electron chi connectivity index (χ4n) is 2.64. The standard InChI is InChI=1S/C14H28N2O2/c1-11(12-7-5-3-4-6-8-12)16-14(17)13(15)9-10-18-2/h11-13H,3-10,15H2,1-2H3,(H,16,17)/t11-,13?/m0/s1. The molecule has 18 heavy (non-hydrogen) atoms. The molecule has 1 unspecified atom stereocenters. The van der Waals surface area contributed by atoms with Crippen LogP contribution in [0.2, 0.25) is 0 Å². The number of hydrogen-bond donors (Lipinski definition) is 2. The van der Waals surface area contributed by atoms with E-state index >= 15 is 0 Å². The van der Waals surface area contributed by atoms with Crippen LogP contribution in [0.15, 0.2) is 0 Å². The Bertz CT molecular complexity index is 238. The van der Waals surface area contributed by atoms with Crippen LogP contribution in [0.25, 0.3) is 0 Å². The third-order valence-corrected chi connectivity index (χ3v) is 3.95. The van der Waals surface area contributed by atoms with Gasteiger partial charge in [0.2, 0.25) is 5.91 Å². The maximum atomic E-state index is 11.9. The highest BCUT2D eigenvalue weighted by Gasteiger charge is 2.22. The molecule has 1 aliphatic carbocycles. The van der Waals surface area contributed by atoms with Gasteiger partial charge >= 0.3 is 0 Å². The molecule has 1 fully saturated rings. The van der Waals surface area contributed by atoms with Crippen molar-refractivity contribution in [3.63, 3.8) is 0 Å². The van der Waals surface area contributed by atoms with Crippen LogP contribution >= 0.6 is 0 Å². The zero-order chi connectivity index (χ0) is 13.4. The summed E-state index contributed by atoms with van der Waals surface area (Å²) in [7, 11) is 1.62. The highest BCUT2D eigenvalue weighted by atomic mass is 16.5. The molecule has 0 heterocycles. The van der Waals surface area contributed by atoms with Gasteiger partial charge in [0.15, 0.2) is 0 Å². The van der Waals surface area contributed by atoms with Gasteiger partial charge in [-0.15, -0.1) is 0 Å². The van der Waals surface area contributed by atoms with Crippen molar-refractivity contribution in [2.24, 2.45) is 11.7 Å². The van der Waals surface area contributed by atoms with E-state index in [2.05, 4.69) is 12.2 Å². The van der Waals surface area contributed by atoms with Crippen LogP contribution in [0.5, 0.6) is 0 Å². The smallest absolute Gasteiger partial charge is 0.237 e.